The third-order valence-corrected chi connectivity index (χ3v) is 4.45. The zero-order valence-electron chi connectivity index (χ0n) is 16.5. The number of hydrogen-bond donors (Lipinski definition) is 7. The highest BCUT2D eigenvalue weighted by molar-refractivity contribution is 7.98. The van der Waals surface area contributed by atoms with Crippen molar-refractivity contribution in [1.82, 2.24) is 16.0 Å². The third kappa shape index (κ3) is 10.1. The van der Waals surface area contributed by atoms with Gasteiger partial charge in [0.25, 0.3) is 0 Å². The van der Waals surface area contributed by atoms with Crippen LogP contribution in [0.2, 0.25) is 0 Å². The van der Waals surface area contributed by atoms with E-state index in [1.165, 1.54) is 25.6 Å². The Morgan fingerprint density at radius 1 is 1.00 bits per heavy atom. The molecule has 5 unspecified atom stereocenters. The van der Waals surface area contributed by atoms with Gasteiger partial charge in [-0.25, -0.2) is 4.79 Å². The van der Waals surface area contributed by atoms with Crippen LogP contribution in [0.4, 0.5) is 0 Å². The van der Waals surface area contributed by atoms with Crippen molar-refractivity contribution in [3.8, 4) is 0 Å². The van der Waals surface area contributed by atoms with Gasteiger partial charge in [0, 0.05) is 0 Å². The summed E-state index contributed by atoms with van der Waals surface area (Å²) in [5, 5.41) is 25.5. The number of aliphatic hydroxyl groups excluding tert-OH is 1. The highest BCUT2D eigenvalue weighted by Crippen LogP contribution is 2.01. The average Bonchev–Trinajstić information content (AvgIpc) is 2.62. The van der Waals surface area contributed by atoms with Crippen molar-refractivity contribution < 1.29 is 34.2 Å². The fourth-order valence-corrected chi connectivity index (χ4v) is 2.60. The van der Waals surface area contributed by atoms with Crippen molar-refractivity contribution in [3.05, 3.63) is 0 Å². The average molecular weight is 436 g/mol. The minimum atomic E-state index is -1.62. The molecule has 0 aromatic rings. The van der Waals surface area contributed by atoms with E-state index in [4.69, 9.17) is 16.6 Å². The molecule has 0 aliphatic heterocycles. The van der Waals surface area contributed by atoms with Crippen LogP contribution in [0.3, 0.4) is 0 Å². The van der Waals surface area contributed by atoms with E-state index in [0.717, 1.165) is 0 Å². The molecule has 0 radical (unpaired) electrons. The van der Waals surface area contributed by atoms with E-state index < -0.39 is 66.3 Å². The molecular formula is C16H29N5O7S. The molecule has 0 aliphatic rings. The van der Waals surface area contributed by atoms with Crippen LogP contribution in [0.25, 0.3) is 0 Å². The summed E-state index contributed by atoms with van der Waals surface area (Å²) in [5.41, 5.74) is 10.7. The van der Waals surface area contributed by atoms with Crippen LogP contribution in [0.15, 0.2) is 0 Å². The van der Waals surface area contributed by atoms with E-state index in [0.29, 0.717) is 12.2 Å². The second-order valence-electron chi connectivity index (χ2n) is 6.41. The summed E-state index contributed by atoms with van der Waals surface area (Å²) >= 11 is 1.52. The summed E-state index contributed by atoms with van der Waals surface area (Å²) in [5.74, 6) is -4.17. The van der Waals surface area contributed by atoms with Crippen LogP contribution in [0.5, 0.6) is 0 Å². The predicted molar refractivity (Wildman–Crippen MR) is 106 cm³/mol. The standard InChI is InChI=1S/C16H29N5O7S/c1-7(19-14(25)9(17)4-5-29-3)13(24)21-12(8(2)22)15(26)20-10(16(27)28)6-11(18)23/h7-10,12,22H,4-6,17H2,1-3H3,(H2,18,23)(H,19,25)(H,20,26)(H,21,24)(H,27,28). The Labute approximate surface area is 172 Å². The zero-order chi connectivity index (χ0) is 22.7. The van der Waals surface area contributed by atoms with Gasteiger partial charge in [-0.1, -0.05) is 0 Å². The molecule has 0 aromatic carbocycles. The number of primary amides is 1. The normalized spacial score (nSPS) is 15.9. The molecule has 0 aliphatic carbocycles. The smallest absolute Gasteiger partial charge is 0.326 e. The highest BCUT2D eigenvalue weighted by atomic mass is 32.2. The molecule has 0 heterocycles. The lowest BCUT2D eigenvalue weighted by molar-refractivity contribution is -0.144. The number of amides is 4. The lowest BCUT2D eigenvalue weighted by Crippen LogP contribution is -2.59. The van der Waals surface area contributed by atoms with Gasteiger partial charge < -0.3 is 37.6 Å². The van der Waals surface area contributed by atoms with Crippen molar-refractivity contribution in [2.24, 2.45) is 11.5 Å². The van der Waals surface area contributed by atoms with Gasteiger partial charge in [-0.2, -0.15) is 11.8 Å². The first kappa shape index (κ1) is 26.6. The van der Waals surface area contributed by atoms with Gasteiger partial charge >= 0.3 is 5.97 Å². The number of carboxylic acids is 1. The SMILES string of the molecule is CSCCC(N)C(=O)NC(C)C(=O)NC(C(=O)NC(CC(N)=O)C(=O)O)C(C)O. The summed E-state index contributed by atoms with van der Waals surface area (Å²) in [6.07, 6.45) is 0.215. The Morgan fingerprint density at radius 3 is 2.03 bits per heavy atom. The Morgan fingerprint density at radius 2 is 1.59 bits per heavy atom. The molecule has 0 aromatic heterocycles. The fraction of sp³-hybridized carbons (Fsp3) is 0.688. The van der Waals surface area contributed by atoms with Crippen molar-refractivity contribution in [1.29, 1.82) is 0 Å². The maximum atomic E-state index is 12.3. The molecule has 0 saturated carbocycles. The van der Waals surface area contributed by atoms with E-state index in [1.807, 2.05) is 11.6 Å². The molecule has 9 N–H and O–H groups in total. The zero-order valence-corrected chi connectivity index (χ0v) is 17.3. The number of thioether (sulfide) groups is 1. The van der Waals surface area contributed by atoms with Crippen LogP contribution in [0, 0.1) is 0 Å². The summed E-state index contributed by atoms with van der Waals surface area (Å²) in [6.45, 7) is 2.56. The molecule has 0 rings (SSSR count). The molecule has 29 heavy (non-hydrogen) atoms. The van der Waals surface area contributed by atoms with Gasteiger partial charge in [0.05, 0.1) is 18.6 Å². The maximum absolute atomic E-state index is 12.3. The number of hydrogen-bond acceptors (Lipinski definition) is 8. The predicted octanol–water partition coefficient (Wildman–Crippen LogP) is -3.12. The number of nitrogens with two attached hydrogens (primary N) is 2. The topological polar surface area (TPSA) is 214 Å². The Bertz CT molecular complexity index is 616. The molecule has 0 saturated heterocycles. The molecule has 166 valence electrons. The summed E-state index contributed by atoms with van der Waals surface area (Å²) < 4.78 is 0. The largest absolute Gasteiger partial charge is 0.480 e. The number of aliphatic carboxylic acids is 1. The van der Waals surface area contributed by atoms with Crippen LogP contribution in [-0.2, 0) is 24.0 Å². The number of carbonyl (C=O) groups is 5. The van der Waals surface area contributed by atoms with Gasteiger partial charge in [-0.05, 0) is 32.3 Å². The van der Waals surface area contributed by atoms with Gasteiger partial charge in [0.1, 0.15) is 18.1 Å². The monoisotopic (exact) mass is 435 g/mol. The van der Waals surface area contributed by atoms with Gasteiger partial charge in [-0.15, -0.1) is 0 Å². The van der Waals surface area contributed by atoms with E-state index in [2.05, 4.69) is 10.6 Å². The first-order valence-electron chi connectivity index (χ1n) is 8.75. The van der Waals surface area contributed by atoms with E-state index in [9.17, 15) is 29.1 Å². The quantitative estimate of drug-likeness (QED) is 0.155. The van der Waals surface area contributed by atoms with Crippen LogP contribution in [0.1, 0.15) is 26.7 Å². The molecule has 4 amide bonds. The minimum Gasteiger partial charge on any atom is -0.480 e. The molecule has 0 bridgehead atoms. The second kappa shape index (κ2) is 13.0. The van der Waals surface area contributed by atoms with Gasteiger partial charge in [0.15, 0.2) is 0 Å². The summed E-state index contributed by atoms with van der Waals surface area (Å²) in [4.78, 5) is 58.6. The number of carboxylic acid groups (broad SMARTS) is 1. The van der Waals surface area contributed by atoms with E-state index in [1.54, 1.807) is 0 Å². The second-order valence-corrected chi connectivity index (χ2v) is 7.40. The van der Waals surface area contributed by atoms with E-state index >= 15 is 0 Å². The number of nitrogens with one attached hydrogen (secondary N) is 3. The van der Waals surface area contributed by atoms with Gasteiger partial charge in [-0.3, -0.25) is 19.2 Å². The Hall–Kier alpha value is -2.38. The van der Waals surface area contributed by atoms with Crippen LogP contribution in [-0.4, -0.2) is 82.1 Å². The molecule has 0 fully saturated rings. The molecule has 5 atom stereocenters. The summed E-state index contributed by atoms with van der Waals surface area (Å²) in [7, 11) is 0. The van der Waals surface area contributed by atoms with Gasteiger partial charge in [0.2, 0.25) is 23.6 Å². The van der Waals surface area contributed by atoms with Crippen LogP contribution >= 0.6 is 11.8 Å². The maximum Gasteiger partial charge on any atom is 0.326 e. The molecule has 0 spiro atoms. The number of rotatable bonds is 13. The molecule has 12 nitrogen and oxygen atoms in total. The van der Waals surface area contributed by atoms with Crippen LogP contribution < -0.4 is 27.4 Å². The molecule has 13 heteroatoms. The lowest BCUT2D eigenvalue weighted by atomic mass is 10.1. The first-order chi connectivity index (χ1) is 13.4. The van der Waals surface area contributed by atoms with Crippen molar-refractivity contribution >= 4 is 41.4 Å². The fourth-order valence-electron chi connectivity index (χ4n) is 2.11. The first-order valence-corrected chi connectivity index (χ1v) is 10.1. The molecular weight excluding hydrogens is 406 g/mol. The minimum absolute atomic E-state index is 0.413. The lowest BCUT2D eigenvalue weighted by Gasteiger charge is -2.25. The highest BCUT2D eigenvalue weighted by Gasteiger charge is 2.32. The number of carbonyl (C=O) groups excluding carboxylic acids is 4. The summed E-state index contributed by atoms with van der Waals surface area (Å²) in [6, 6.07) is -5.03. The van der Waals surface area contributed by atoms with Crippen molar-refractivity contribution in [3.63, 3.8) is 0 Å². The van der Waals surface area contributed by atoms with Crippen molar-refractivity contribution in [2.45, 2.75) is 57.0 Å². The Balaban J connectivity index is 4.98. The Kier molecular flexibility index (Phi) is 11.9. The third-order valence-electron chi connectivity index (χ3n) is 3.80. The van der Waals surface area contributed by atoms with Crippen molar-refractivity contribution in [2.75, 3.05) is 12.0 Å². The number of aliphatic hydroxyl groups is 1. The van der Waals surface area contributed by atoms with E-state index in [-0.39, 0.29) is 0 Å².